The second-order valence-corrected chi connectivity index (χ2v) is 6.78. The van der Waals surface area contributed by atoms with Crippen LogP contribution in [0.2, 0.25) is 0 Å². The zero-order chi connectivity index (χ0) is 17.3. The standard InChI is InChI=1S/C17H20N4O2S/c1-5-23-12-6-7-13-15(9-12)24-17(18-13)19-16(22)14-8-11(4)20-21(14)10(2)3/h6-10H,5H2,1-4H3,(H,18,19,22). The lowest BCUT2D eigenvalue weighted by Crippen LogP contribution is -2.18. The van der Waals surface area contributed by atoms with Crippen LogP contribution in [0.5, 0.6) is 5.75 Å². The molecule has 2 heterocycles. The van der Waals surface area contributed by atoms with Crippen molar-refractivity contribution in [1.82, 2.24) is 14.8 Å². The minimum atomic E-state index is -0.201. The summed E-state index contributed by atoms with van der Waals surface area (Å²) in [4.78, 5) is 17.0. The minimum Gasteiger partial charge on any atom is -0.494 e. The Morgan fingerprint density at radius 2 is 2.17 bits per heavy atom. The number of fused-ring (bicyclic) bond motifs is 1. The highest BCUT2D eigenvalue weighted by Crippen LogP contribution is 2.29. The lowest BCUT2D eigenvalue weighted by Gasteiger charge is -2.09. The first-order chi connectivity index (χ1) is 11.5. The number of ether oxygens (including phenoxy) is 1. The van der Waals surface area contributed by atoms with Gasteiger partial charge >= 0.3 is 0 Å². The number of aromatic nitrogens is 3. The van der Waals surface area contributed by atoms with Crippen molar-refractivity contribution in [3.05, 3.63) is 35.7 Å². The molecular formula is C17H20N4O2S. The number of nitrogens with one attached hydrogen (secondary N) is 1. The number of anilines is 1. The summed E-state index contributed by atoms with van der Waals surface area (Å²) in [6.07, 6.45) is 0. The quantitative estimate of drug-likeness (QED) is 0.758. The smallest absolute Gasteiger partial charge is 0.275 e. The van der Waals surface area contributed by atoms with Gasteiger partial charge in [-0.25, -0.2) is 4.98 Å². The van der Waals surface area contributed by atoms with Crippen LogP contribution in [0.4, 0.5) is 5.13 Å². The molecule has 3 aromatic rings. The van der Waals surface area contributed by atoms with Crippen LogP contribution in [0, 0.1) is 6.92 Å². The first-order valence-corrected chi connectivity index (χ1v) is 8.70. The number of nitrogens with zero attached hydrogens (tertiary/aromatic N) is 3. The van der Waals surface area contributed by atoms with Crippen molar-refractivity contribution in [2.45, 2.75) is 33.7 Å². The minimum absolute atomic E-state index is 0.114. The van der Waals surface area contributed by atoms with Crippen LogP contribution < -0.4 is 10.1 Å². The number of aryl methyl sites for hydroxylation is 1. The third-order valence-electron chi connectivity index (χ3n) is 3.47. The van der Waals surface area contributed by atoms with Crippen LogP contribution in [0.1, 0.15) is 43.0 Å². The molecule has 1 aromatic carbocycles. The number of amides is 1. The second kappa shape index (κ2) is 6.60. The average Bonchev–Trinajstić information content (AvgIpc) is 3.10. The fourth-order valence-corrected chi connectivity index (χ4v) is 3.35. The van der Waals surface area contributed by atoms with E-state index in [9.17, 15) is 4.79 Å². The Hall–Kier alpha value is -2.41. The Kier molecular flexibility index (Phi) is 4.53. The van der Waals surface area contributed by atoms with E-state index in [0.717, 1.165) is 21.7 Å². The van der Waals surface area contributed by atoms with E-state index >= 15 is 0 Å². The highest BCUT2D eigenvalue weighted by atomic mass is 32.1. The largest absolute Gasteiger partial charge is 0.494 e. The molecule has 0 saturated carbocycles. The van der Waals surface area contributed by atoms with Crippen LogP contribution in [-0.4, -0.2) is 27.3 Å². The summed E-state index contributed by atoms with van der Waals surface area (Å²) in [5.41, 5.74) is 2.20. The molecular weight excluding hydrogens is 324 g/mol. The van der Waals surface area contributed by atoms with Crippen molar-refractivity contribution in [1.29, 1.82) is 0 Å². The normalized spacial score (nSPS) is 11.2. The highest BCUT2D eigenvalue weighted by molar-refractivity contribution is 7.22. The first-order valence-electron chi connectivity index (χ1n) is 7.88. The Bertz CT molecular complexity index is 882. The third kappa shape index (κ3) is 3.26. The molecule has 7 heteroatoms. The molecule has 2 aromatic heterocycles. The number of benzene rings is 1. The molecule has 0 spiro atoms. The summed E-state index contributed by atoms with van der Waals surface area (Å²) in [5, 5.41) is 7.81. The van der Waals surface area contributed by atoms with Crippen LogP contribution in [0.25, 0.3) is 10.2 Å². The van der Waals surface area contributed by atoms with Crippen LogP contribution in [0.3, 0.4) is 0 Å². The molecule has 1 amide bonds. The maximum absolute atomic E-state index is 12.6. The maximum Gasteiger partial charge on any atom is 0.275 e. The van der Waals surface area contributed by atoms with Gasteiger partial charge in [0.25, 0.3) is 5.91 Å². The summed E-state index contributed by atoms with van der Waals surface area (Å²) in [7, 11) is 0. The molecule has 0 bridgehead atoms. The van der Waals surface area contributed by atoms with E-state index in [2.05, 4.69) is 15.4 Å². The van der Waals surface area contributed by atoms with E-state index in [0.29, 0.717) is 17.4 Å². The Balaban J connectivity index is 1.85. The second-order valence-electron chi connectivity index (χ2n) is 5.74. The molecule has 0 unspecified atom stereocenters. The molecule has 24 heavy (non-hydrogen) atoms. The van der Waals surface area contributed by atoms with E-state index in [1.807, 2.05) is 45.9 Å². The summed E-state index contributed by atoms with van der Waals surface area (Å²) in [5.74, 6) is 0.605. The van der Waals surface area contributed by atoms with Crippen molar-refractivity contribution in [3.63, 3.8) is 0 Å². The maximum atomic E-state index is 12.6. The van der Waals surface area contributed by atoms with Gasteiger partial charge in [-0.3, -0.25) is 14.8 Å². The molecule has 0 aliphatic carbocycles. The van der Waals surface area contributed by atoms with E-state index in [1.165, 1.54) is 11.3 Å². The van der Waals surface area contributed by atoms with Gasteiger partial charge in [-0.1, -0.05) is 11.3 Å². The predicted molar refractivity (Wildman–Crippen MR) is 96.1 cm³/mol. The van der Waals surface area contributed by atoms with Crippen LogP contribution in [-0.2, 0) is 0 Å². The van der Waals surface area contributed by atoms with E-state index < -0.39 is 0 Å². The topological polar surface area (TPSA) is 69.0 Å². The van der Waals surface area contributed by atoms with Crippen molar-refractivity contribution in [2.24, 2.45) is 0 Å². The molecule has 0 fully saturated rings. The molecule has 0 saturated heterocycles. The SMILES string of the molecule is CCOc1ccc2nc(NC(=O)c3cc(C)nn3C(C)C)sc2c1. The van der Waals surface area contributed by atoms with Gasteiger partial charge in [-0.2, -0.15) is 5.10 Å². The van der Waals surface area contributed by atoms with Crippen molar-refractivity contribution < 1.29 is 9.53 Å². The van der Waals surface area contributed by atoms with Crippen LogP contribution in [0.15, 0.2) is 24.3 Å². The molecule has 1 N–H and O–H groups in total. The van der Waals surface area contributed by atoms with E-state index in [-0.39, 0.29) is 11.9 Å². The number of carbonyl (C=O) groups is 1. The molecule has 0 radical (unpaired) electrons. The average molecular weight is 344 g/mol. The fraction of sp³-hybridized carbons (Fsp3) is 0.353. The van der Waals surface area contributed by atoms with Gasteiger partial charge < -0.3 is 4.74 Å². The summed E-state index contributed by atoms with van der Waals surface area (Å²) in [6, 6.07) is 7.62. The number of hydrogen-bond acceptors (Lipinski definition) is 5. The molecule has 0 aliphatic heterocycles. The first kappa shape index (κ1) is 16.4. The van der Waals surface area contributed by atoms with Gasteiger partial charge in [0.1, 0.15) is 11.4 Å². The number of carbonyl (C=O) groups excluding carboxylic acids is 1. The number of rotatable bonds is 5. The number of hydrogen-bond donors (Lipinski definition) is 1. The zero-order valence-corrected chi connectivity index (χ0v) is 15.0. The Morgan fingerprint density at radius 1 is 1.38 bits per heavy atom. The Morgan fingerprint density at radius 3 is 2.88 bits per heavy atom. The predicted octanol–water partition coefficient (Wildman–Crippen LogP) is 4.03. The number of thiazole rings is 1. The van der Waals surface area contributed by atoms with Crippen LogP contribution >= 0.6 is 11.3 Å². The summed E-state index contributed by atoms with van der Waals surface area (Å²) in [6.45, 7) is 8.43. The summed E-state index contributed by atoms with van der Waals surface area (Å²) >= 11 is 1.43. The molecule has 126 valence electrons. The fourth-order valence-electron chi connectivity index (χ4n) is 2.46. The lowest BCUT2D eigenvalue weighted by atomic mass is 10.3. The van der Waals surface area contributed by atoms with Crippen molar-refractivity contribution in [3.8, 4) is 5.75 Å². The summed E-state index contributed by atoms with van der Waals surface area (Å²) < 4.78 is 8.20. The molecule has 0 aliphatic rings. The van der Waals surface area contributed by atoms with E-state index in [1.54, 1.807) is 10.7 Å². The van der Waals surface area contributed by atoms with Gasteiger partial charge in [0, 0.05) is 6.04 Å². The van der Waals surface area contributed by atoms with Gasteiger partial charge in [-0.05, 0) is 52.0 Å². The van der Waals surface area contributed by atoms with Gasteiger partial charge in [0.15, 0.2) is 5.13 Å². The molecule has 6 nitrogen and oxygen atoms in total. The monoisotopic (exact) mass is 344 g/mol. The van der Waals surface area contributed by atoms with Crippen molar-refractivity contribution >= 4 is 32.6 Å². The third-order valence-corrected chi connectivity index (χ3v) is 4.40. The van der Waals surface area contributed by atoms with E-state index in [4.69, 9.17) is 4.74 Å². The Labute approximate surface area is 144 Å². The zero-order valence-electron chi connectivity index (χ0n) is 14.2. The van der Waals surface area contributed by atoms with Gasteiger partial charge in [0.2, 0.25) is 0 Å². The lowest BCUT2D eigenvalue weighted by molar-refractivity contribution is 0.101. The van der Waals surface area contributed by atoms with Crippen molar-refractivity contribution in [2.75, 3.05) is 11.9 Å². The molecule has 3 rings (SSSR count). The van der Waals surface area contributed by atoms with Gasteiger partial charge in [0.05, 0.1) is 22.5 Å². The molecule has 0 atom stereocenters. The van der Waals surface area contributed by atoms with Gasteiger partial charge in [-0.15, -0.1) is 0 Å². The highest BCUT2D eigenvalue weighted by Gasteiger charge is 2.17.